The maximum absolute atomic E-state index is 12.9. The van der Waals surface area contributed by atoms with Gasteiger partial charge < -0.3 is 5.32 Å². The van der Waals surface area contributed by atoms with Crippen LogP contribution in [0.4, 0.5) is 0 Å². The molecule has 5 nitrogen and oxygen atoms in total. The first-order valence-corrected chi connectivity index (χ1v) is 9.49. The van der Waals surface area contributed by atoms with Crippen molar-refractivity contribution in [3.63, 3.8) is 0 Å². The summed E-state index contributed by atoms with van der Waals surface area (Å²) in [6.45, 7) is 2.25. The SMILES string of the molecule is Cc1cccc(C(=O)NCc2nn(C3CCCC3)c(=O)c3ccccc23)c1. The van der Waals surface area contributed by atoms with Crippen LogP contribution in [0.15, 0.2) is 53.3 Å². The Morgan fingerprint density at radius 1 is 1.11 bits per heavy atom. The Morgan fingerprint density at radius 2 is 1.85 bits per heavy atom. The average Bonchev–Trinajstić information content (AvgIpc) is 3.22. The molecular formula is C22H23N3O2. The number of fused-ring (bicyclic) bond motifs is 1. The van der Waals surface area contributed by atoms with Crippen molar-refractivity contribution >= 4 is 16.7 Å². The van der Waals surface area contributed by atoms with Crippen LogP contribution < -0.4 is 10.9 Å². The van der Waals surface area contributed by atoms with Gasteiger partial charge in [-0.25, -0.2) is 4.68 Å². The fourth-order valence-corrected chi connectivity index (χ4v) is 3.85. The van der Waals surface area contributed by atoms with Gasteiger partial charge in [-0.05, 0) is 38.0 Å². The van der Waals surface area contributed by atoms with Gasteiger partial charge in [0.15, 0.2) is 0 Å². The lowest BCUT2D eigenvalue weighted by Gasteiger charge is -2.16. The van der Waals surface area contributed by atoms with Gasteiger partial charge in [0.1, 0.15) is 0 Å². The highest BCUT2D eigenvalue weighted by atomic mass is 16.1. The molecule has 1 N–H and O–H groups in total. The molecular weight excluding hydrogens is 338 g/mol. The third-order valence-corrected chi connectivity index (χ3v) is 5.27. The lowest BCUT2D eigenvalue weighted by Crippen LogP contribution is -2.30. The van der Waals surface area contributed by atoms with Crippen LogP contribution in [0.25, 0.3) is 10.8 Å². The van der Waals surface area contributed by atoms with Crippen LogP contribution in [0.2, 0.25) is 0 Å². The molecule has 2 aromatic carbocycles. The smallest absolute Gasteiger partial charge is 0.274 e. The van der Waals surface area contributed by atoms with Gasteiger partial charge in [0.05, 0.1) is 23.7 Å². The topological polar surface area (TPSA) is 64.0 Å². The molecule has 1 fully saturated rings. The first-order valence-electron chi connectivity index (χ1n) is 9.49. The second kappa shape index (κ2) is 7.35. The highest BCUT2D eigenvalue weighted by molar-refractivity contribution is 5.94. The quantitative estimate of drug-likeness (QED) is 0.770. The lowest BCUT2D eigenvalue weighted by molar-refractivity contribution is 0.0950. The van der Waals surface area contributed by atoms with Gasteiger partial charge in [-0.2, -0.15) is 5.10 Å². The number of nitrogens with one attached hydrogen (secondary N) is 1. The number of hydrogen-bond donors (Lipinski definition) is 1. The number of carbonyl (C=O) groups is 1. The van der Waals surface area contributed by atoms with E-state index in [0.29, 0.717) is 17.5 Å². The first-order chi connectivity index (χ1) is 13.1. The summed E-state index contributed by atoms with van der Waals surface area (Å²) >= 11 is 0. The monoisotopic (exact) mass is 361 g/mol. The van der Waals surface area contributed by atoms with Crippen LogP contribution in [0, 0.1) is 6.92 Å². The molecule has 4 rings (SSSR count). The Labute approximate surface area is 158 Å². The van der Waals surface area contributed by atoms with Gasteiger partial charge in [0, 0.05) is 10.9 Å². The van der Waals surface area contributed by atoms with E-state index in [1.807, 2.05) is 49.4 Å². The lowest BCUT2D eigenvalue weighted by atomic mass is 10.1. The average molecular weight is 361 g/mol. The highest BCUT2D eigenvalue weighted by Crippen LogP contribution is 2.28. The fraction of sp³-hybridized carbons (Fsp3) is 0.318. The van der Waals surface area contributed by atoms with Crippen LogP contribution in [-0.4, -0.2) is 15.7 Å². The zero-order valence-corrected chi connectivity index (χ0v) is 15.4. The molecule has 1 aliphatic carbocycles. The first kappa shape index (κ1) is 17.5. The van der Waals surface area contributed by atoms with E-state index < -0.39 is 0 Å². The molecule has 0 aliphatic heterocycles. The molecule has 1 amide bonds. The van der Waals surface area contributed by atoms with Gasteiger partial charge in [0.25, 0.3) is 11.5 Å². The molecule has 1 aromatic heterocycles. The van der Waals surface area contributed by atoms with Crippen molar-refractivity contribution in [3.05, 3.63) is 75.7 Å². The second-order valence-corrected chi connectivity index (χ2v) is 7.23. The van der Waals surface area contributed by atoms with Crippen LogP contribution in [-0.2, 0) is 6.54 Å². The predicted octanol–water partition coefficient (Wildman–Crippen LogP) is 3.75. The Morgan fingerprint density at radius 3 is 2.59 bits per heavy atom. The number of aromatic nitrogens is 2. The molecule has 0 spiro atoms. The van der Waals surface area contributed by atoms with Crippen LogP contribution in [0.3, 0.4) is 0 Å². The third-order valence-electron chi connectivity index (χ3n) is 5.27. The summed E-state index contributed by atoms with van der Waals surface area (Å²) in [4.78, 5) is 25.4. The molecule has 1 saturated carbocycles. The van der Waals surface area contributed by atoms with E-state index in [4.69, 9.17) is 0 Å². The summed E-state index contributed by atoms with van der Waals surface area (Å²) < 4.78 is 1.64. The minimum Gasteiger partial charge on any atom is -0.346 e. The molecule has 138 valence electrons. The standard InChI is InChI=1S/C22H23N3O2/c1-15-7-6-8-16(13-15)21(26)23-14-20-18-11-4-5-12-19(18)22(27)25(24-20)17-9-2-3-10-17/h4-8,11-13,17H,2-3,9-10,14H2,1H3,(H,23,26). The molecule has 1 heterocycles. The van der Waals surface area contributed by atoms with Gasteiger partial charge in [-0.1, -0.05) is 48.7 Å². The molecule has 1 aliphatic rings. The van der Waals surface area contributed by atoms with Gasteiger partial charge in [0.2, 0.25) is 0 Å². The molecule has 0 saturated heterocycles. The van der Waals surface area contributed by atoms with E-state index in [1.54, 1.807) is 10.7 Å². The van der Waals surface area contributed by atoms with Crippen LogP contribution in [0.5, 0.6) is 0 Å². The zero-order chi connectivity index (χ0) is 18.8. The van der Waals surface area contributed by atoms with Gasteiger partial charge in [-0.15, -0.1) is 0 Å². The Balaban J connectivity index is 1.67. The van der Waals surface area contributed by atoms with Crippen LogP contribution in [0.1, 0.15) is 53.3 Å². The van der Waals surface area contributed by atoms with Crippen molar-refractivity contribution in [1.29, 1.82) is 0 Å². The maximum Gasteiger partial charge on any atom is 0.274 e. The summed E-state index contributed by atoms with van der Waals surface area (Å²) in [7, 11) is 0. The number of benzene rings is 2. The third kappa shape index (κ3) is 3.50. The van der Waals surface area contributed by atoms with E-state index in [2.05, 4.69) is 10.4 Å². The Hall–Kier alpha value is -2.95. The highest BCUT2D eigenvalue weighted by Gasteiger charge is 2.21. The predicted molar refractivity (Wildman–Crippen MR) is 106 cm³/mol. The van der Waals surface area contributed by atoms with Crippen molar-refractivity contribution in [2.45, 2.75) is 45.2 Å². The summed E-state index contributed by atoms with van der Waals surface area (Å²) in [5.74, 6) is -0.136. The maximum atomic E-state index is 12.9. The fourth-order valence-electron chi connectivity index (χ4n) is 3.85. The van der Waals surface area contributed by atoms with Crippen molar-refractivity contribution < 1.29 is 4.79 Å². The second-order valence-electron chi connectivity index (χ2n) is 7.23. The van der Waals surface area contributed by atoms with Crippen molar-refractivity contribution in [1.82, 2.24) is 15.1 Å². The molecule has 0 atom stereocenters. The largest absolute Gasteiger partial charge is 0.346 e. The van der Waals surface area contributed by atoms with Crippen molar-refractivity contribution in [2.24, 2.45) is 0 Å². The number of amides is 1. The summed E-state index contributed by atoms with van der Waals surface area (Å²) in [5, 5.41) is 9.08. The molecule has 0 bridgehead atoms. The van der Waals surface area contributed by atoms with E-state index in [1.165, 1.54) is 0 Å². The number of aryl methyl sites for hydroxylation is 1. The van der Waals surface area contributed by atoms with Crippen molar-refractivity contribution in [2.75, 3.05) is 0 Å². The van der Waals surface area contributed by atoms with E-state index in [0.717, 1.165) is 42.3 Å². The summed E-state index contributed by atoms with van der Waals surface area (Å²) in [5.41, 5.74) is 2.37. The minimum atomic E-state index is -0.136. The van der Waals surface area contributed by atoms with E-state index in [9.17, 15) is 9.59 Å². The molecule has 5 heteroatoms. The van der Waals surface area contributed by atoms with Crippen LogP contribution >= 0.6 is 0 Å². The molecule has 3 aromatic rings. The van der Waals surface area contributed by atoms with E-state index in [-0.39, 0.29) is 17.5 Å². The Bertz CT molecular complexity index is 1050. The zero-order valence-electron chi connectivity index (χ0n) is 15.4. The number of carbonyl (C=O) groups excluding carboxylic acids is 1. The normalized spacial score (nSPS) is 14.6. The molecule has 0 radical (unpaired) electrons. The molecule has 0 unspecified atom stereocenters. The van der Waals surface area contributed by atoms with Crippen molar-refractivity contribution in [3.8, 4) is 0 Å². The Kier molecular flexibility index (Phi) is 4.75. The summed E-state index contributed by atoms with van der Waals surface area (Å²) in [6.07, 6.45) is 4.23. The van der Waals surface area contributed by atoms with Gasteiger partial charge in [-0.3, -0.25) is 9.59 Å². The summed E-state index contributed by atoms with van der Waals surface area (Å²) in [6, 6.07) is 15.2. The number of nitrogens with zero attached hydrogens (tertiary/aromatic N) is 2. The van der Waals surface area contributed by atoms with E-state index >= 15 is 0 Å². The minimum absolute atomic E-state index is 0.0359. The van der Waals surface area contributed by atoms with Gasteiger partial charge >= 0.3 is 0 Å². The number of hydrogen-bond acceptors (Lipinski definition) is 3. The molecule has 27 heavy (non-hydrogen) atoms. The number of rotatable bonds is 4.